The van der Waals surface area contributed by atoms with Gasteiger partial charge in [0.05, 0.1) is 62.1 Å². The predicted octanol–water partition coefficient (Wildman–Crippen LogP) is 17.1. The number of benzene rings is 4. The van der Waals surface area contributed by atoms with Crippen molar-refractivity contribution >= 4 is 220 Å². The quantitative estimate of drug-likeness (QED) is 0.0147. The fourth-order valence-electron chi connectivity index (χ4n) is 7.98. The van der Waals surface area contributed by atoms with Gasteiger partial charge in [0.15, 0.2) is 11.5 Å². The number of H-pyrrole nitrogens is 2. The molecule has 0 aliphatic heterocycles. The summed E-state index contributed by atoms with van der Waals surface area (Å²) >= 11 is 36.1. The molecule has 0 saturated heterocycles. The fourth-order valence-corrected chi connectivity index (χ4v) is 7.98. The van der Waals surface area contributed by atoms with Crippen molar-refractivity contribution in [3.63, 3.8) is 0 Å². The third-order valence-electron chi connectivity index (χ3n) is 11.1. The van der Waals surface area contributed by atoms with Crippen LogP contribution in [0.5, 0.6) is 11.5 Å². The number of aromatic hydroxyl groups is 1. The first-order chi connectivity index (χ1) is 39.7. The van der Waals surface area contributed by atoms with E-state index < -0.39 is 34.2 Å². The van der Waals surface area contributed by atoms with Crippen LogP contribution in [0.2, 0.25) is 0 Å². The van der Waals surface area contributed by atoms with E-state index in [9.17, 15) is 33.9 Å². The number of ketones is 2. The number of hydrogen-bond acceptors (Lipinski definition) is 14. The van der Waals surface area contributed by atoms with Crippen molar-refractivity contribution in [1.29, 1.82) is 0 Å². The molecule has 8 aromatic rings. The molecule has 4 aromatic heterocycles. The molecular weight excluding hydrogens is 1830 g/mol. The van der Waals surface area contributed by atoms with Crippen LogP contribution in [0.4, 0.5) is 0 Å². The van der Waals surface area contributed by atoms with E-state index in [0.29, 0.717) is 81.4 Å². The summed E-state index contributed by atoms with van der Waals surface area (Å²) in [6, 6.07) is 28.9. The first-order valence-corrected chi connectivity index (χ1v) is 48.7. The van der Waals surface area contributed by atoms with E-state index in [1.54, 1.807) is 60.9 Å². The summed E-state index contributed by atoms with van der Waals surface area (Å²) in [7, 11) is 4.49. The Morgan fingerprint density at radius 1 is 0.602 bits per heavy atom. The van der Waals surface area contributed by atoms with Gasteiger partial charge in [-0.05, 0) is 47.9 Å². The third kappa shape index (κ3) is 23.3. The number of esters is 4. The van der Waals surface area contributed by atoms with Crippen LogP contribution in [-0.4, -0.2) is 95.4 Å². The Morgan fingerprint density at radius 3 is 1.34 bits per heavy atom. The van der Waals surface area contributed by atoms with Gasteiger partial charge < -0.3 is 47.6 Å². The molecule has 0 bridgehead atoms. The van der Waals surface area contributed by atoms with Crippen molar-refractivity contribution in [1.82, 2.24) is 9.97 Å². The van der Waals surface area contributed by atoms with E-state index in [-0.39, 0.29) is 62.1 Å². The zero-order valence-corrected chi connectivity index (χ0v) is 61.7. The summed E-state index contributed by atoms with van der Waals surface area (Å²) in [4.78, 5) is 79.1. The number of aryl methyl sites for hydroxylation is 2. The molecule has 0 aliphatic rings. The van der Waals surface area contributed by atoms with E-state index in [1.165, 1.54) is 35.2 Å². The van der Waals surface area contributed by atoms with Crippen LogP contribution in [0, 0.1) is 0 Å². The van der Waals surface area contributed by atoms with Gasteiger partial charge in [-0.3, -0.25) is 19.2 Å². The molecule has 0 saturated carbocycles. The van der Waals surface area contributed by atoms with Crippen LogP contribution in [-0.2, 0) is 55.8 Å². The number of ether oxygens (including phenoxy) is 5. The van der Waals surface area contributed by atoms with Crippen molar-refractivity contribution in [2.75, 3.05) is 39.9 Å². The van der Waals surface area contributed by atoms with Crippen molar-refractivity contribution in [3.8, 4) is 33.8 Å². The fraction of sp³-hybridized carbons (Fsp3) is 0.222. The van der Waals surface area contributed by atoms with Gasteiger partial charge in [-0.1, -0.05) is 97.1 Å². The molecule has 29 heteroatoms. The normalized spacial score (nSPS) is 10.2. The molecule has 0 fully saturated rings. The monoisotopic (exact) mass is 1870 g/mol. The SMILES string of the molecule is COC(=O)c1oc(C(=O)c2c[nH]c3c(CCCOC(C)=O)cccc23)c(O)c1-c1ccccc1.COC(=O)c1oc(C(=O)c2c[nH]c3c(CCCOC(C)=O)cccc23)c(OC)c1-c1ccccc1.ClB(Cl)Cl.ClCCl.[I][V]([I])[I].[I][V][I]. The van der Waals surface area contributed by atoms with E-state index in [2.05, 4.69) is 110 Å². The van der Waals surface area contributed by atoms with Crippen LogP contribution < -0.4 is 4.74 Å². The van der Waals surface area contributed by atoms with Crippen LogP contribution in [0.3, 0.4) is 0 Å². The molecule has 0 atom stereocenters. The molecule has 3 N–H and O–H groups in total. The first kappa shape index (κ1) is 74.9. The zero-order valence-electron chi connectivity index (χ0n) is 44.3. The van der Waals surface area contributed by atoms with E-state index >= 15 is 0 Å². The topological polar surface area (TPSA) is 227 Å². The molecular formula is C54H50BCl5I5N2O14V2. The summed E-state index contributed by atoms with van der Waals surface area (Å²) < 4.78 is 36.6. The molecule has 16 nitrogen and oxygen atoms in total. The number of methoxy groups -OCH3 is 3. The van der Waals surface area contributed by atoms with Crippen molar-refractivity contribution in [2.24, 2.45) is 0 Å². The molecule has 0 spiro atoms. The first-order valence-electron chi connectivity index (χ1n) is 23.8. The standard InChI is InChI=1S/C27H25NO7.C26H23NO7.CH2Cl2.BCl3.5HI.2V/c1-16(29)34-14-8-12-18-11-7-13-19-20(15-28-22(18)19)23(30)26-24(32-2)21(17-9-5-4-6-10-17)25(35-26)27(31)33-3;1-15(28)33-13-7-11-17-10-6-12-18-19(14-27-21(17)18)22(29)25-23(30)20(16-8-4-3-5-9-16)24(34-25)26(31)32-2;2-1-3;2-1(3)4;;;;;;;/h4-7,9-11,13,15,28H,8,12,14H2,1-3H3;3-6,8-10,12,14,27,30H,7,11,13H2,1-2H3;1H2;;5*1H;;/q;;;;;;;;;+2;+3/p-5. The summed E-state index contributed by atoms with van der Waals surface area (Å²) in [5.41, 5.74) is 5.79. The number of para-hydroxylation sites is 2. The summed E-state index contributed by atoms with van der Waals surface area (Å²) in [6.07, 6.45) is 5.73. The number of rotatable bonds is 17. The number of furan rings is 2. The Hall–Kier alpha value is -2.33. The molecule has 0 unspecified atom stereocenters. The van der Waals surface area contributed by atoms with Gasteiger partial charge >= 0.3 is 143 Å². The number of aromatic amines is 2. The van der Waals surface area contributed by atoms with Gasteiger partial charge in [-0.2, -0.15) is 34.4 Å². The third-order valence-corrected chi connectivity index (χ3v) is 11.1. The predicted molar refractivity (Wildman–Crippen MR) is 363 cm³/mol. The van der Waals surface area contributed by atoms with Crippen molar-refractivity contribution < 1.29 is 80.8 Å². The average molecular weight is 1880 g/mol. The van der Waals surface area contributed by atoms with E-state index in [0.717, 1.165) is 22.2 Å². The number of fused-ring (bicyclic) bond motifs is 2. The Labute approximate surface area is 570 Å². The summed E-state index contributed by atoms with van der Waals surface area (Å²) in [6.45, 7) is 3.36. The maximum atomic E-state index is 13.7. The maximum absolute atomic E-state index is 13.7. The van der Waals surface area contributed by atoms with Gasteiger partial charge in [0.25, 0.3) is 0 Å². The van der Waals surface area contributed by atoms with Gasteiger partial charge in [0, 0.05) is 48.0 Å². The minimum atomic E-state index is -0.804. The van der Waals surface area contributed by atoms with Gasteiger partial charge in [-0.15, -0.1) is 23.2 Å². The number of alkyl halides is 2. The summed E-state index contributed by atoms with van der Waals surface area (Å²) in [5.74, 6) is -4.23. The molecule has 443 valence electrons. The van der Waals surface area contributed by atoms with Crippen molar-refractivity contribution in [3.05, 3.63) is 155 Å². The van der Waals surface area contributed by atoms with Crippen LogP contribution in [0.15, 0.2) is 118 Å². The summed E-state index contributed by atoms with van der Waals surface area (Å²) in [5, 5.41) is 12.5. The molecule has 83 heavy (non-hydrogen) atoms. The number of aromatic nitrogens is 2. The second-order valence-corrected chi connectivity index (χ2v) is 66.0. The molecule has 8 rings (SSSR count). The second kappa shape index (κ2) is 40.3. The number of nitrogens with one attached hydrogen (secondary N) is 2. The Morgan fingerprint density at radius 2 is 0.964 bits per heavy atom. The van der Waals surface area contributed by atoms with E-state index in [4.69, 9.17) is 90.1 Å². The molecule has 0 amide bonds. The van der Waals surface area contributed by atoms with Crippen LogP contribution in [0.25, 0.3) is 44.1 Å². The number of halogens is 10. The Balaban J connectivity index is 0.000000355. The van der Waals surface area contributed by atoms with Crippen molar-refractivity contribution in [2.45, 2.75) is 39.5 Å². The number of carbonyl (C=O) groups excluding carboxylic acids is 6. The number of hydrogen-bond donors (Lipinski definition) is 3. The van der Waals surface area contributed by atoms with E-state index in [1.807, 2.05) is 48.5 Å². The van der Waals surface area contributed by atoms with Gasteiger partial charge in [-0.25, -0.2) is 9.59 Å². The zero-order chi connectivity index (χ0) is 61.8. The molecule has 0 radical (unpaired) electrons. The molecule has 4 heterocycles. The average Bonchev–Trinajstić information content (AvgIpc) is 2.61. The van der Waals surface area contributed by atoms with Gasteiger partial charge in [0.2, 0.25) is 34.6 Å². The van der Waals surface area contributed by atoms with Crippen LogP contribution >= 0.6 is 157 Å². The number of carbonyl (C=O) groups is 6. The molecule has 0 aliphatic carbocycles. The molecule has 4 aromatic carbocycles. The Kier molecular flexibility index (Phi) is 36.3. The second-order valence-electron chi connectivity index (χ2n) is 16.1. The van der Waals surface area contributed by atoms with Gasteiger partial charge in [0.1, 0.15) is 0 Å². The van der Waals surface area contributed by atoms with Crippen LogP contribution in [0.1, 0.15) is 91.2 Å². The minimum absolute atomic E-state index is 0.0899. The Bertz CT molecular complexity index is 3380.